The summed E-state index contributed by atoms with van der Waals surface area (Å²) in [7, 11) is 0. The minimum absolute atomic E-state index is 0.230. The third-order valence-electron chi connectivity index (χ3n) is 3.94. The van der Waals surface area contributed by atoms with Gasteiger partial charge in [0.25, 0.3) is 0 Å². The fourth-order valence-electron chi connectivity index (χ4n) is 2.90. The van der Waals surface area contributed by atoms with Crippen molar-refractivity contribution in [3.05, 3.63) is 34.9 Å². The highest BCUT2D eigenvalue weighted by atomic mass is 16.3. The van der Waals surface area contributed by atoms with Crippen LogP contribution in [-0.2, 0) is 6.54 Å². The van der Waals surface area contributed by atoms with Crippen LogP contribution in [0.5, 0.6) is 0 Å². The molecule has 2 rings (SSSR count). The summed E-state index contributed by atoms with van der Waals surface area (Å²) in [6.07, 6.45) is 2.47. The van der Waals surface area contributed by atoms with Crippen molar-refractivity contribution in [1.82, 2.24) is 10.2 Å². The van der Waals surface area contributed by atoms with E-state index in [-0.39, 0.29) is 6.61 Å². The quantitative estimate of drug-likeness (QED) is 0.850. The summed E-state index contributed by atoms with van der Waals surface area (Å²) >= 11 is 0. The van der Waals surface area contributed by atoms with E-state index in [2.05, 4.69) is 42.3 Å². The number of hydrogen-bond donors (Lipinski definition) is 2. The summed E-state index contributed by atoms with van der Waals surface area (Å²) in [5.41, 5.74) is 4.17. The Balaban J connectivity index is 1.91. The molecule has 19 heavy (non-hydrogen) atoms. The van der Waals surface area contributed by atoms with Crippen molar-refractivity contribution >= 4 is 0 Å². The third kappa shape index (κ3) is 4.30. The molecule has 106 valence electrons. The highest BCUT2D eigenvalue weighted by Gasteiger charge is 2.19. The molecule has 1 unspecified atom stereocenters. The summed E-state index contributed by atoms with van der Waals surface area (Å²) in [5.74, 6) is 0. The molecule has 0 saturated carbocycles. The molecule has 0 aromatic heterocycles. The predicted molar refractivity (Wildman–Crippen MR) is 79.3 cm³/mol. The van der Waals surface area contributed by atoms with Gasteiger partial charge in [-0.3, -0.25) is 4.90 Å². The lowest BCUT2D eigenvalue weighted by Crippen LogP contribution is -2.46. The van der Waals surface area contributed by atoms with Gasteiger partial charge < -0.3 is 10.4 Å². The van der Waals surface area contributed by atoms with E-state index in [0.717, 1.165) is 13.1 Å². The van der Waals surface area contributed by atoms with Crippen molar-refractivity contribution < 1.29 is 5.11 Å². The van der Waals surface area contributed by atoms with Gasteiger partial charge in [0.2, 0.25) is 0 Å². The minimum atomic E-state index is 0.230. The van der Waals surface area contributed by atoms with E-state index in [1.165, 1.54) is 36.1 Å². The van der Waals surface area contributed by atoms with Crippen LogP contribution in [-0.4, -0.2) is 42.3 Å². The molecule has 0 aliphatic carbocycles. The lowest BCUT2D eigenvalue weighted by molar-refractivity contribution is 0.176. The smallest absolute Gasteiger partial charge is 0.0556 e. The van der Waals surface area contributed by atoms with Gasteiger partial charge in [0.1, 0.15) is 0 Å². The van der Waals surface area contributed by atoms with E-state index in [1.54, 1.807) is 0 Å². The Bertz CT molecular complexity index is 406. The Morgan fingerprint density at radius 3 is 2.95 bits per heavy atom. The topological polar surface area (TPSA) is 35.5 Å². The predicted octanol–water partition coefficient (Wildman–Crippen LogP) is 1.85. The number of nitrogens with zero attached hydrogens (tertiary/aromatic N) is 1. The molecule has 1 saturated heterocycles. The van der Waals surface area contributed by atoms with Crippen LogP contribution in [0.25, 0.3) is 0 Å². The van der Waals surface area contributed by atoms with Gasteiger partial charge in [-0.05, 0) is 44.4 Å². The highest BCUT2D eigenvalue weighted by Crippen LogP contribution is 2.17. The van der Waals surface area contributed by atoms with Crippen LogP contribution < -0.4 is 5.32 Å². The fraction of sp³-hybridized carbons (Fsp3) is 0.625. The number of hydrogen-bond acceptors (Lipinski definition) is 3. The first kappa shape index (κ1) is 14.5. The summed E-state index contributed by atoms with van der Waals surface area (Å²) < 4.78 is 0. The van der Waals surface area contributed by atoms with Gasteiger partial charge in [0.15, 0.2) is 0 Å². The van der Waals surface area contributed by atoms with E-state index in [4.69, 9.17) is 5.11 Å². The second-order valence-electron chi connectivity index (χ2n) is 5.68. The monoisotopic (exact) mass is 262 g/mol. The number of nitrogens with one attached hydrogen (secondary N) is 1. The maximum Gasteiger partial charge on any atom is 0.0556 e. The second-order valence-corrected chi connectivity index (χ2v) is 5.68. The number of benzene rings is 1. The van der Waals surface area contributed by atoms with Gasteiger partial charge in [-0.1, -0.05) is 23.8 Å². The van der Waals surface area contributed by atoms with Gasteiger partial charge in [-0.2, -0.15) is 0 Å². The van der Waals surface area contributed by atoms with Gasteiger partial charge >= 0.3 is 0 Å². The van der Waals surface area contributed by atoms with Crippen LogP contribution >= 0.6 is 0 Å². The molecule has 1 atom stereocenters. The molecule has 3 heteroatoms. The zero-order chi connectivity index (χ0) is 13.7. The van der Waals surface area contributed by atoms with Crippen LogP contribution in [0.3, 0.4) is 0 Å². The Hall–Kier alpha value is -0.900. The van der Waals surface area contributed by atoms with Crippen molar-refractivity contribution in [3.8, 4) is 0 Å². The molecule has 0 radical (unpaired) electrons. The SMILES string of the molecule is Cc1ccc(CN2CCCC(NCCO)C2)c(C)c1. The first-order valence-electron chi connectivity index (χ1n) is 7.32. The first-order chi connectivity index (χ1) is 9.19. The number of aliphatic hydroxyl groups excluding tert-OH is 1. The van der Waals surface area contributed by atoms with Crippen LogP contribution in [0.15, 0.2) is 18.2 Å². The normalized spacial score (nSPS) is 20.7. The standard InChI is InChI=1S/C16H26N2O/c1-13-5-6-15(14(2)10-13)11-18-8-3-4-16(12-18)17-7-9-19/h5-6,10,16-17,19H,3-4,7-9,11-12H2,1-2H3. The lowest BCUT2D eigenvalue weighted by atomic mass is 10.0. The van der Waals surface area contributed by atoms with Gasteiger partial charge in [0, 0.05) is 25.7 Å². The number of rotatable bonds is 5. The molecule has 1 aromatic carbocycles. The first-order valence-corrected chi connectivity index (χ1v) is 7.32. The van der Waals surface area contributed by atoms with Crippen LogP contribution in [0, 0.1) is 13.8 Å². The summed E-state index contributed by atoms with van der Waals surface area (Å²) in [6.45, 7) is 8.61. The van der Waals surface area contributed by atoms with Crippen molar-refractivity contribution in [2.45, 2.75) is 39.3 Å². The molecule has 2 N–H and O–H groups in total. The van der Waals surface area contributed by atoms with E-state index in [0.29, 0.717) is 12.6 Å². The zero-order valence-electron chi connectivity index (χ0n) is 12.2. The molecular formula is C16H26N2O. The Morgan fingerprint density at radius 2 is 2.21 bits per heavy atom. The van der Waals surface area contributed by atoms with E-state index < -0.39 is 0 Å². The molecule has 3 nitrogen and oxygen atoms in total. The largest absolute Gasteiger partial charge is 0.395 e. The Labute approximate surface area is 116 Å². The number of aliphatic hydroxyl groups is 1. The molecular weight excluding hydrogens is 236 g/mol. The molecule has 0 spiro atoms. The highest BCUT2D eigenvalue weighted by molar-refractivity contribution is 5.30. The number of aryl methyl sites for hydroxylation is 2. The van der Waals surface area contributed by atoms with Gasteiger partial charge in [0.05, 0.1) is 6.61 Å². The Kier molecular flexibility index (Phi) is 5.37. The average Bonchev–Trinajstić information content (AvgIpc) is 2.40. The number of piperidine rings is 1. The summed E-state index contributed by atoms with van der Waals surface area (Å²) in [6, 6.07) is 7.26. The molecule has 1 aliphatic rings. The van der Waals surface area contributed by atoms with Gasteiger partial charge in [-0.15, -0.1) is 0 Å². The second kappa shape index (κ2) is 7.04. The average molecular weight is 262 g/mol. The molecule has 1 heterocycles. The molecule has 1 fully saturated rings. The third-order valence-corrected chi connectivity index (χ3v) is 3.94. The molecule has 0 bridgehead atoms. The molecule has 1 aliphatic heterocycles. The van der Waals surface area contributed by atoms with Crippen molar-refractivity contribution in [2.24, 2.45) is 0 Å². The van der Waals surface area contributed by atoms with Crippen LogP contribution in [0.2, 0.25) is 0 Å². The van der Waals surface area contributed by atoms with E-state index >= 15 is 0 Å². The number of likely N-dealkylation sites (tertiary alicyclic amines) is 1. The van der Waals surface area contributed by atoms with Crippen LogP contribution in [0.4, 0.5) is 0 Å². The van der Waals surface area contributed by atoms with Crippen molar-refractivity contribution in [2.75, 3.05) is 26.2 Å². The van der Waals surface area contributed by atoms with Crippen LogP contribution in [0.1, 0.15) is 29.5 Å². The van der Waals surface area contributed by atoms with Crippen molar-refractivity contribution in [1.29, 1.82) is 0 Å². The molecule has 0 amide bonds. The fourth-order valence-corrected chi connectivity index (χ4v) is 2.90. The van der Waals surface area contributed by atoms with E-state index in [9.17, 15) is 0 Å². The summed E-state index contributed by atoms with van der Waals surface area (Å²) in [5, 5.41) is 12.3. The summed E-state index contributed by atoms with van der Waals surface area (Å²) in [4.78, 5) is 2.52. The molecule has 1 aromatic rings. The van der Waals surface area contributed by atoms with Gasteiger partial charge in [-0.25, -0.2) is 0 Å². The van der Waals surface area contributed by atoms with Crippen molar-refractivity contribution in [3.63, 3.8) is 0 Å². The maximum atomic E-state index is 8.88. The minimum Gasteiger partial charge on any atom is -0.395 e. The zero-order valence-corrected chi connectivity index (χ0v) is 12.2. The van der Waals surface area contributed by atoms with E-state index in [1.807, 2.05) is 0 Å². The Morgan fingerprint density at radius 1 is 1.37 bits per heavy atom. The maximum absolute atomic E-state index is 8.88. The lowest BCUT2D eigenvalue weighted by Gasteiger charge is -2.33.